The summed E-state index contributed by atoms with van der Waals surface area (Å²) in [5, 5.41) is 2.19. The molecule has 0 radical (unpaired) electrons. The predicted molar refractivity (Wildman–Crippen MR) is 56.4 cm³/mol. The fraction of sp³-hybridized carbons (Fsp3) is 0. The van der Waals surface area contributed by atoms with Crippen molar-refractivity contribution in [3.05, 3.63) is 46.8 Å². The summed E-state index contributed by atoms with van der Waals surface area (Å²) >= 11 is 0. The summed E-state index contributed by atoms with van der Waals surface area (Å²) in [5.41, 5.74) is 1.76. The van der Waals surface area contributed by atoms with Crippen LogP contribution in [0.4, 0.5) is 0 Å². The molecule has 0 saturated heterocycles. The average Bonchev–Trinajstić information content (AvgIpc) is 2.54. The van der Waals surface area contributed by atoms with Gasteiger partial charge in [0.2, 0.25) is 5.56 Å². The van der Waals surface area contributed by atoms with Gasteiger partial charge in [0, 0.05) is 22.4 Å². The number of fused-ring (bicyclic) bond motifs is 3. The number of para-hydroxylation sites is 1. The molecule has 3 rings (SSSR count). The molecule has 68 valence electrons. The average molecular weight is 184 g/mol. The third kappa shape index (κ3) is 0.893. The lowest BCUT2D eigenvalue weighted by molar-refractivity contribution is 1.27. The van der Waals surface area contributed by atoms with Crippen molar-refractivity contribution >= 4 is 21.9 Å². The van der Waals surface area contributed by atoms with Gasteiger partial charge in [0.25, 0.3) is 0 Å². The molecule has 0 saturated carbocycles. The van der Waals surface area contributed by atoms with E-state index >= 15 is 0 Å². The number of aromatic amines is 2. The standard InChI is InChI=1S/C11H8N2O/c14-10-6-5-8-7-3-1-2-4-9(7)12-11(8)13-10/h1-6H,(H2,12,13,14). The lowest BCUT2D eigenvalue weighted by Crippen LogP contribution is -2.01. The topological polar surface area (TPSA) is 48.6 Å². The Hall–Kier alpha value is -2.03. The van der Waals surface area contributed by atoms with Crippen LogP contribution < -0.4 is 5.56 Å². The van der Waals surface area contributed by atoms with Crippen LogP contribution in [-0.2, 0) is 0 Å². The van der Waals surface area contributed by atoms with Crippen LogP contribution in [0.5, 0.6) is 0 Å². The minimum absolute atomic E-state index is 0.0796. The fourth-order valence-corrected chi connectivity index (χ4v) is 1.76. The molecule has 0 fully saturated rings. The highest BCUT2D eigenvalue weighted by Crippen LogP contribution is 2.21. The van der Waals surface area contributed by atoms with Gasteiger partial charge in [0.1, 0.15) is 5.65 Å². The Bertz CT molecular complexity index is 663. The normalized spacial score (nSPS) is 11.1. The van der Waals surface area contributed by atoms with Crippen molar-refractivity contribution in [2.75, 3.05) is 0 Å². The number of rotatable bonds is 0. The van der Waals surface area contributed by atoms with E-state index in [0.717, 1.165) is 21.9 Å². The predicted octanol–water partition coefficient (Wildman–Crippen LogP) is 2.01. The summed E-state index contributed by atoms with van der Waals surface area (Å²) in [4.78, 5) is 17.0. The van der Waals surface area contributed by atoms with E-state index in [9.17, 15) is 4.79 Å². The Morgan fingerprint density at radius 3 is 2.64 bits per heavy atom. The third-order valence-corrected chi connectivity index (χ3v) is 2.40. The van der Waals surface area contributed by atoms with Crippen molar-refractivity contribution in [1.82, 2.24) is 9.97 Å². The number of H-pyrrole nitrogens is 2. The molecular weight excluding hydrogens is 176 g/mol. The minimum Gasteiger partial charge on any atom is -0.341 e. The maximum atomic E-state index is 11.1. The van der Waals surface area contributed by atoms with Crippen LogP contribution in [0.1, 0.15) is 0 Å². The van der Waals surface area contributed by atoms with Gasteiger partial charge in [-0.2, -0.15) is 0 Å². The molecule has 0 aliphatic rings. The number of nitrogens with one attached hydrogen (secondary N) is 2. The van der Waals surface area contributed by atoms with Gasteiger partial charge >= 0.3 is 0 Å². The Morgan fingerprint density at radius 1 is 0.857 bits per heavy atom. The van der Waals surface area contributed by atoms with Crippen molar-refractivity contribution in [2.24, 2.45) is 0 Å². The van der Waals surface area contributed by atoms with Crippen LogP contribution in [0.2, 0.25) is 0 Å². The maximum Gasteiger partial charge on any atom is 0.249 e. The molecule has 0 unspecified atom stereocenters. The van der Waals surface area contributed by atoms with Gasteiger partial charge in [-0.25, -0.2) is 0 Å². The van der Waals surface area contributed by atoms with Crippen molar-refractivity contribution in [1.29, 1.82) is 0 Å². The quantitative estimate of drug-likeness (QED) is 0.551. The molecule has 0 aliphatic carbocycles. The van der Waals surface area contributed by atoms with Crippen LogP contribution in [0.3, 0.4) is 0 Å². The van der Waals surface area contributed by atoms with Gasteiger partial charge in [-0.1, -0.05) is 18.2 Å². The van der Waals surface area contributed by atoms with E-state index in [2.05, 4.69) is 9.97 Å². The van der Waals surface area contributed by atoms with E-state index in [1.165, 1.54) is 0 Å². The number of hydrogen-bond donors (Lipinski definition) is 2. The van der Waals surface area contributed by atoms with Crippen LogP contribution in [0, 0.1) is 0 Å². The number of benzene rings is 1. The number of aromatic nitrogens is 2. The molecule has 2 aromatic heterocycles. The van der Waals surface area contributed by atoms with E-state index in [1.807, 2.05) is 30.3 Å². The molecule has 1 aromatic carbocycles. The first-order chi connectivity index (χ1) is 6.84. The Morgan fingerprint density at radius 2 is 1.71 bits per heavy atom. The SMILES string of the molecule is O=c1ccc2c([nH]1)[nH]c1ccccc12. The van der Waals surface area contributed by atoms with Crippen molar-refractivity contribution < 1.29 is 0 Å². The molecule has 2 heterocycles. The van der Waals surface area contributed by atoms with Gasteiger partial charge < -0.3 is 9.97 Å². The van der Waals surface area contributed by atoms with Crippen molar-refractivity contribution in [3.8, 4) is 0 Å². The van der Waals surface area contributed by atoms with Crippen LogP contribution in [0.15, 0.2) is 41.2 Å². The molecule has 0 bridgehead atoms. The van der Waals surface area contributed by atoms with Gasteiger partial charge in [-0.05, 0) is 12.1 Å². The summed E-state index contributed by atoms with van der Waals surface area (Å²) in [6.07, 6.45) is 0. The van der Waals surface area contributed by atoms with E-state index < -0.39 is 0 Å². The molecule has 0 atom stereocenters. The molecule has 0 amide bonds. The second-order valence-corrected chi connectivity index (χ2v) is 3.28. The van der Waals surface area contributed by atoms with Gasteiger partial charge in [0.05, 0.1) is 0 Å². The summed E-state index contributed by atoms with van der Waals surface area (Å²) in [7, 11) is 0. The highest BCUT2D eigenvalue weighted by Gasteiger charge is 2.02. The van der Waals surface area contributed by atoms with Gasteiger partial charge in [-0.3, -0.25) is 4.79 Å². The molecule has 2 N–H and O–H groups in total. The highest BCUT2D eigenvalue weighted by atomic mass is 16.1. The summed E-state index contributed by atoms with van der Waals surface area (Å²) in [6.45, 7) is 0. The van der Waals surface area contributed by atoms with E-state index in [0.29, 0.717) is 0 Å². The van der Waals surface area contributed by atoms with Crippen molar-refractivity contribution in [2.45, 2.75) is 0 Å². The van der Waals surface area contributed by atoms with Crippen LogP contribution >= 0.6 is 0 Å². The fourth-order valence-electron chi connectivity index (χ4n) is 1.76. The van der Waals surface area contributed by atoms with Crippen LogP contribution in [0.25, 0.3) is 21.9 Å². The zero-order valence-corrected chi connectivity index (χ0v) is 7.37. The monoisotopic (exact) mass is 184 g/mol. The first-order valence-electron chi connectivity index (χ1n) is 4.44. The largest absolute Gasteiger partial charge is 0.341 e. The summed E-state index contributed by atoms with van der Waals surface area (Å²) in [5.74, 6) is 0. The zero-order chi connectivity index (χ0) is 9.54. The Balaban J connectivity index is 2.63. The van der Waals surface area contributed by atoms with Crippen molar-refractivity contribution in [3.63, 3.8) is 0 Å². The van der Waals surface area contributed by atoms with Crippen LogP contribution in [-0.4, -0.2) is 9.97 Å². The minimum atomic E-state index is -0.0796. The molecular formula is C11H8N2O. The second kappa shape index (κ2) is 2.48. The number of hydrogen-bond acceptors (Lipinski definition) is 1. The van der Waals surface area contributed by atoms with E-state index in [-0.39, 0.29) is 5.56 Å². The third-order valence-electron chi connectivity index (χ3n) is 2.40. The van der Waals surface area contributed by atoms with Gasteiger partial charge in [-0.15, -0.1) is 0 Å². The molecule has 3 aromatic rings. The first-order valence-corrected chi connectivity index (χ1v) is 4.44. The lowest BCUT2D eigenvalue weighted by Gasteiger charge is -1.87. The lowest BCUT2D eigenvalue weighted by atomic mass is 10.2. The molecule has 0 aliphatic heterocycles. The number of pyridine rings is 1. The highest BCUT2D eigenvalue weighted by molar-refractivity contribution is 6.05. The molecule has 3 heteroatoms. The smallest absolute Gasteiger partial charge is 0.249 e. The Kier molecular flexibility index (Phi) is 1.31. The summed E-state index contributed by atoms with van der Waals surface area (Å²) < 4.78 is 0. The second-order valence-electron chi connectivity index (χ2n) is 3.28. The molecule has 0 spiro atoms. The van der Waals surface area contributed by atoms with E-state index in [1.54, 1.807) is 6.07 Å². The molecule has 3 nitrogen and oxygen atoms in total. The Labute approximate surface area is 79.4 Å². The maximum absolute atomic E-state index is 11.1. The molecule has 14 heavy (non-hydrogen) atoms. The first kappa shape index (κ1) is 7.38. The summed E-state index contributed by atoms with van der Waals surface area (Å²) in [6, 6.07) is 11.4. The van der Waals surface area contributed by atoms with Gasteiger partial charge in [0.15, 0.2) is 0 Å². The zero-order valence-electron chi connectivity index (χ0n) is 7.37. The van der Waals surface area contributed by atoms with E-state index in [4.69, 9.17) is 0 Å².